The summed E-state index contributed by atoms with van der Waals surface area (Å²) >= 11 is 0. The van der Waals surface area contributed by atoms with Crippen molar-refractivity contribution in [3.63, 3.8) is 0 Å². The van der Waals surface area contributed by atoms with Gasteiger partial charge in [0.15, 0.2) is 0 Å². The quantitative estimate of drug-likeness (QED) is 0.421. The molecule has 0 atom stereocenters. The van der Waals surface area contributed by atoms with Crippen LogP contribution in [0.15, 0.2) is 5.16 Å². The first kappa shape index (κ1) is 8.47. The fourth-order valence-corrected chi connectivity index (χ4v) is 0.705. The van der Waals surface area contributed by atoms with E-state index in [1.807, 2.05) is 0 Å². The van der Waals surface area contributed by atoms with Crippen molar-refractivity contribution in [3.05, 3.63) is 0 Å². The Morgan fingerprint density at radius 3 is 2.44 bits per heavy atom. The minimum atomic E-state index is 1.00. The van der Waals surface area contributed by atoms with Crippen LogP contribution in [-0.4, -0.2) is 12.8 Å². The van der Waals surface area contributed by atoms with E-state index in [9.17, 15) is 0 Å². The van der Waals surface area contributed by atoms with E-state index in [-0.39, 0.29) is 0 Å². The molecule has 0 saturated carbocycles. The van der Waals surface area contributed by atoms with E-state index in [0.29, 0.717) is 0 Å². The Morgan fingerprint density at radius 1 is 1.44 bits per heavy atom. The summed E-state index contributed by atoms with van der Waals surface area (Å²) in [6, 6.07) is 0. The zero-order valence-electron chi connectivity index (χ0n) is 6.48. The second kappa shape index (κ2) is 5.60. The van der Waals surface area contributed by atoms with Gasteiger partial charge < -0.3 is 4.84 Å². The minimum Gasteiger partial charge on any atom is -0.399 e. The van der Waals surface area contributed by atoms with Crippen molar-refractivity contribution in [1.82, 2.24) is 0 Å². The SMILES string of the molecule is CCC/C(CC)=N\OC. The van der Waals surface area contributed by atoms with Crippen molar-refractivity contribution < 1.29 is 4.84 Å². The van der Waals surface area contributed by atoms with Gasteiger partial charge in [0.2, 0.25) is 0 Å². The second-order valence-corrected chi connectivity index (χ2v) is 1.94. The lowest BCUT2D eigenvalue weighted by atomic mass is 10.2. The molecule has 54 valence electrons. The van der Waals surface area contributed by atoms with Crippen LogP contribution in [0, 0.1) is 0 Å². The predicted octanol–water partition coefficient (Wildman–Crippen LogP) is 2.20. The van der Waals surface area contributed by atoms with Crippen LogP contribution in [0.1, 0.15) is 33.1 Å². The van der Waals surface area contributed by atoms with Crippen LogP contribution in [0.4, 0.5) is 0 Å². The first-order valence-electron chi connectivity index (χ1n) is 3.44. The molecule has 0 aliphatic heterocycles. The third kappa shape index (κ3) is 4.01. The number of hydrogen-bond donors (Lipinski definition) is 0. The lowest BCUT2D eigenvalue weighted by Gasteiger charge is -1.97. The molecular formula is C7H15NO. The highest BCUT2D eigenvalue weighted by Gasteiger charge is 1.92. The third-order valence-corrected chi connectivity index (χ3v) is 1.17. The van der Waals surface area contributed by atoms with E-state index >= 15 is 0 Å². The molecule has 0 aromatic rings. The second-order valence-electron chi connectivity index (χ2n) is 1.94. The Hall–Kier alpha value is -0.530. The molecule has 0 aromatic carbocycles. The first-order chi connectivity index (χ1) is 4.35. The average molecular weight is 129 g/mol. The van der Waals surface area contributed by atoms with E-state index in [0.717, 1.165) is 25.0 Å². The normalized spacial score (nSPS) is 11.7. The third-order valence-electron chi connectivity index (χ3n) is 1.17. The van der Waals surface area contributed by atoms with Crippen LogP contribution in [-0.2, 0) is 4.84 Å². The molecule has 0 radical (unpaired) electrons. The minimum absolute atomic E-state index is 1.00. The number of nitrogens with zero attached hydrogens (tertiary/aromatic N) is 1. The lowest BCUT2D eigenvalue weighted by molar-refractivity contribution is 0.211. The highest BCUT2D eigenvalue weighted by Crippen LogP contribution is 1.96. The standard InChI is InChI=1S/C7H15NO/c1-4-6-7(5-2)8-9-3/h4-6H2,1-3H3/b8-7-. The summed E-state index contributed by atoms with van der Waals surface area (Å²) in [6.07, 6.45) is 3.21. The molecule has 9 heavy (non-hydrogen) atoms. The molecule has 0 spiro atoms. The summed E-state index contributed by atoms with van der Waals surface area (Å²) < 4.78 is 0. The molecule has 0 aromatic heterocycles. The van der Waals surface area contributed by atoms with Gasteiger partial charge in [0.25, 0.3) is 0 Å². The Bertz CT molecular complexity index is 88.9. The Morgan fingerprint density at radius 2 is 2.11 bits per heavy atom. The number of oxime groups is 1. The molecule has 2 nitrogen and oxygen atoms in total. The van der Waals surface area contributed by atoms with Crippen molar-refractivity contribution in [3.8, 4) is 0 Å². The summed E-state index contributed by atoms with van der Waals surface area (Å²) in [6.45, 7) is 4.23. The van der Waals surface area contributed by atoms with Crippen molar-refractivity contribution in [2.24, 2.45) is 5.16 Å². The zero-order chi connectivity index (χ0) is 7.11. The molecule has 0 unspecified atom stereocenters. The van der Waals surface area contributed by atoms with Crippen LogP contribution in [0.5, 0.6) is 0 Å². The maximum atomic E-state index is 4.64. The smallest absolute Gasteiger partial charge is 0.106 e. The first-order valence-corrected chi connectivity index (χ1v) is 3.44. The molecule has 0 aliphatic rings. The lowest BCUT2D eigenvalue weighted by Crippen LogP contribution is -1.95. The van der Waals surface area contributed by atoms with Crippen molar-refractivity contribution in [1.29, 1.82) is 0 Å². The highest BCUT2D eigenvalue weighted by molar-refractivity contribution is 5.83. The summed E-state index contributed by atoms with van der Waals surface area (Å²) in [5, 5.41) is 3.85. The van der Waals surface area contributed by atoms with Crippen LogP contribution in [0.25, 0.3) is 0 Å². The van der Waals surface area contributed by atoms with Gasteiger partial charge in [-0.25, -0.2) is 0 Å². The molecule has 0 aliphatic carbocycles. The average Bonchev–Trinajstić information content (AvgIpc) is 1.88. The molecule has 0 saturated heterocycles. The fourth-order valence-electron chi connectivity index (χ4n) is 0.705. The summed E-state index contributed by atoms with van der Waals surface area (Å²) in [5.74, 6) is 0. The number of hydrogen-bond acceptors (Lipinski definition) is 2. The Kier molecular flexibility index (Phi) is 5.27. The topological polar surface area (TPSA) is 21.6 Å². The Balaban J connectivity index is 3.53. The van der Waals surface area contributed by atoms with Crippen molar-refractivity contribution >= 4 is 5.71 Å². The van der Waals surface area contributed by atoms with E-state index < -0.39 is 0 Å². The number of rotatable bonds is 4. The van der Waals surface area contributed by atoms with Gasteiger partial charge in [-0.3, -0.25) is 0 Å². The van der Waals surface area contributed by atoms with E-state index in [2.05, 4.69) is 23.8 Å². The van der Waals surface area contributed by atoms with Gasteiger partial charge in [-0.05, 0) is 12.8 Å². The predicted molar refractivity (Wildman–Crippen MR) is 39.6 cm³/mol. The van der Waals surface area contributed by atoms with E-state index in [1.165, 1.54) is 0 Å². The summed E-state index contributed by atoms with van der Waals surface area (Å²) in [7, 11) is 1.59. The molecule has 2 heteroatoms. The van der Waals surface area contributed by atoms with Crippen LogP contribution >= 0.6 is 0 Å². The molecule has 0 heterocycles. The van der Waals surface area contributed by atoms with Crippen LogP contribution < -0.4 is 0 Å². The van der Waals surface area contributed by atoms with Gasteiger partial charge in [-0.2, -0.15) is 0 Å². The molecule has 0 N–H and O–H groups in total. The van der Waals surface area contributed by atoms with Gasteiger partial charge in [0.1, 0.15) is 7.11 Å². The van der Waals surface area contributed by atoms with Gasteiger partial charge in [-0.15, -0.1) is 0 Å². The summed E-state index contributed by atoms with van der Waals surface area (Å²) in [4.78, 5) is 4.64. The fraction of sp³-hybridized carbons (Fsp3) is 0.857. The zero-order valence-corrected chi connectivity index (χ0v) is 6.48. The van der Waals surface area contributed by atoms with Crippen molar-refractivity contribution in [2.45, 2.75) is 33.1 Å². The molecule has 0 rings (SSSR count). The van der Waals surface area contributed by atoms with Crippen LogP contribution in [0.2, 0.25) is 0 Å². The van der Waals surface area contributed by atoms with Gasteiger partial charge in [0.05, 0.1) is 5.71 Å². The van der Waals surface area contributed by atoms with Gasteiger partial charge in [-0.1, -0.05) is 25.4 Å². The van der Waals surface area contributed by atoms with Crippen molar-refractivity contribution in [2.75, 3.05) is 7.11 Å². The molecular weight excluding hydrogens is 114 g/mol. The molecule has 0 fully saturated rings. The molecule has 0 amide bonds. The van der Waals surface area contributed by atoms with E-state index in [4.69, 9.17) is 0 Å². The van der Waals surface area contributed by atoms with Crippen LogP contribution in [0.3, 0.4) is 0 Å². The maximum Gasteiger partial charge on any atom is 0.106 e. The molecule has 0 bridgehead atoms. The van der Waals surface area contributed by atoms with Gasteiger partial charge >= 0.3 is 0 Å². The Labute approximate surface area is 56.9 Å². The summed E-state index contributed by atoms with van der Waals surface area (Å²) in [5.41, 5.74) is 1.15. The van der Waals surface area contributed by atoms with E-state index in [1.54, 1.807) is 7.11 Å². The van der Waals surface area contributed by atoms with Gasteiger partial charge in [0, 0.05) is 0 Å². The largest absolute Gasteiger partial charge is 0.399 e. The highest BCUT2D eigenvalue weighted by atomic mass is 16.6. The maximum absolute atomic E-state index is 4.64. The monoisotopic (exact) mass is 129 g/mol.